The molecule has 0 spiro atoms. The molecule has 1 heterocycles. The molecule has 1 aromatic heterocycles. The molecule has 0 aliphatic carbocycles. The predicted octanol–water partition coefficient (Wildman–Crippen LogP) is 4.30. The summed E-state index contributed by atoms with van der Waals surface area (Å²) in [6, 6.07) is 8.07. The zero-order valence-corrected chi connectivity index (χ0v) is 14.0. The van der Waals surface area contributed by atoms with Gasteiger partial charge in [0.15, 0.2) is 0 Å². The van der Waals surface area contributed by atoms with Crippen LogP contribution in [0.3, 0.4) is 0 Å². The van der Waals surface area contributed by atoms with Gasteiger partial charge in [-0.05, 0) is 33.5 Å². The lowest BCUT2D eigenvalue weighted by Gasteiger charge is -2.12. The fraction of sp³-hybridized carbons (Fsp3) is 0.286. The van der Waals surface area contributed by atoms with E-state index in [1.54, 1.807) is 0 Å². The fourth-order valence-electron chi connectivity index (χ4n) is 1.81. The van der Waals surface area contributed by atoms with Crippen molar-refractivity contribution >= 4 is 37.7 Å². The largest absolute Gasteiger partial charge is 0.383 e. The molecule has 2 rings (SSSR count). The van der Waals surface area contributed by atoms with E-state index in [1.807, 2.05) is 18.2 Å². The van der Waals surface area contributed by atoms with Gasteiger partial charge in [-0.1, -0.05) is 48.0 Å². The first-order valence-corrected chi connectivity index (χ1v) is 7.62. The summed E-state index contributed by atoms with van der Waals surface area (Å²) in [5.41, 5.74) is 8.05. The summed E-state index contributed by atoms with van der Waals surface area (Å²) in [7, 11) is 0. The van der Waals surface area contributed by atoms with E-state index in [1.165, 1.54) is 0 Å². The van der Waals surface area contributed by atoms with Gasteiger partial charge in [0.1, 0.15) is 11.6 Å². The molecule has 0 atom stereocenters. The SMILES string of the molecule is CC(C)c1nc(Cc2ccccc2Br)nc(N)c1Br. The lowest BCUT2D eigenvalue weighted by molar-refractivity contribution is 0.786. The Morgan fingerprint density at radius 2 is 1.84 bits per heavy atom. The predicted molar refractivity (Wildman–Crippen MR) is 85.2 cm³/mol. The van der Waals surface area contributed by atoms with Crippen LogP contribution in [0.25, 0.3) is 0 Å². The van der Waals surface area contributed by atoms with Crippen molar-refractivity contribution < 1.29 is 0 Å². The molecule has 2 aromatic rings. The van der Waals surface area contributed by atoms with Crippen LogP contribution in [0.4, 0.5) is 5.82 Å². The van der Waals surface area contributed by atoms with Crippen LogP contribution in [0.1, 0.15) is 36.8 Å². The van der Waals surface area contributed by atoms with Crippen LogP contribution in [-0.2, 0) is 6.42 Å². The maximum Gasteiger partial charge on any atom is 0.141 e. The van der Waals surface area contributed by atoms with Crippen LogP contribution in [-0.4, -0.2) is 9.97 Å². The standard InChI is InChI=1S/C14H15Br2N3/c1-8(2)13-12(16)14(17)19-11(18-13)7-9-5-3-4-6-10(9)15/h3-6,8H,7H2,1-2H3,(H2,17,18,19). The van der Waals surface area contributed by atoms with E-state index in [4.69, 9.17) is 5.73 Å². The Hall–Kier alpha value is -0.940. The summed E-state index contributed by atoms with van der Waals surface area (Å²) in [6.07, 6.45) is 0.665. The van der Waals surface area contributed by atoms with Crippen molar-refractivity contribution in [3.05, 3.63) is 50.3 Å². The topological polar surface area (TPSA) is 51.8 Å². The first-order chi connectivity index (χ1) is 8.99. The molecule has 0 saturated carbocycles. The molecule has 100 valence electrons. The molecular formula is C14H15Br2N3. The van der Waals surface area contributed by atoms with Crippen molar-refractivity contribution in [2.75, 3.05) is 5.73 Å². The van der Waals surface area contributed by atoms with Crippen LogP contribution in [0.5, 0.6) is 0 Å². The highest BCUT2D eigenvalue weighted by Gasteiger charge is 2.13. The third kappa shape index (κ3) is 3.34. The summed E-state index contributed by atoms with van der Waals surface area (Å²) in [4.78, 5) is 8.96. The second-order valence-corrected chi connectivity index (χ2v) is 6.29. The Labute approximate surface area is 129 Å². The number of aromatic nitrogens is 2. The normalized spacial score (nSPS) is 11.0. The second-order valence-electron chi connectivity index (χ2n) is 4.65. The maximum absolute atomic E-state index is 5.94. The quantitative estimate of drug-likeness (QED) is 0.858. The van der Waals surface area contributed by atoms with Gasteiger partial charge in [0, 0.05) is 10.9 Å². The van der Waals surface area contributed by atoms with E-state index >= 15 is 0 Å². The van der Waals surface area contributed by atoms with E-state index in [0.717, 1.165) is 26.0 Å². The molecule has 0 unspecified atom stereocenters. The molecule has 3 nitrogen and oxygen atoms in total. The molecule has 5 heteroatoms. The molecule has 0 aliphatic rings. The van der Waals surface area contributed by atoms with E-state index in [9.17, 15) is 0 Å². The van der Waals surface area contributed by atoms with Crippen molar-refractivity contribution in [2.45, 2.75) is 26.2 Å². The number of halogens is 2. The number of nitrogens with two attached hydrogens (primary N) is 1. The Bertz CT molecular complexity index is 597. The molecule has 1 aromatic carbocycles. The average Bonchev–Trinajstić information content (AvgIpc) is 2.36. The number of anilines is 1. The van der Waals surface area contributed by atoms with Crippen molar-refractivity contribution in [3.63, 3.8) is 0 Å². The molecule has 0 fully saturated rings. The highest BCUT2D eigenvalue weighted by molar-refractivity contribution is 9.11. The zero-order valence-electron chi connectivity index (χ0n) is 10.8. The van der Waals surface area contributed by atoms with Crippen LogP contribution in [0, 0.1) is 0 Å². The van der Waals surface area contributed by atoms with Crippen LogP contribution < -0.4 is 5.73 Å². The van der Waals surface area contributed by atoms with Gasteiger partial charge in [-0.3, -0.25) is 0 Å². The summed E-state index contributed by atoms with van der Waals surface area (Å²) in [6.45, 7) is 4.18. The molecule has 2 N–H and O–H groups in total. The lowest BCUT2D eigenvalue weighted by Crippen LogP contribution is -2.07. The van der Waals surface area contributed by atoms with Crippen LogP contribution in [0.15, 0.2) is 33.2 Å². The van der Waals surface area contributed by atoms with Crippen LogP contribution >= 0.6 is 31.9 Å². The highest BCUT2D eigenvalue weighted by atomic mass is 79.9. The Morgan fingerprint density at radius 3 is 2.47 bits per heavy atom. The highest BCUT2D eigenvalue weighted by Crippen LogP contribution is 2.28. The fourth-order valence-corrected chi connectivity index (χ4v) is 2.87. The van der Waals surface area contributed by atoms with Crippen molar-refractivity contribution in [1.29, 1.82) is 0 Å². The van der Waals surface area contributed by atoms with Gasteiger partial charge in [0.25, 0.3) is 0 Å². The number of nitrogen functional groups attached to an aromatic ring is 1. The second kappa shape index (κ2) is 6.01. The van der Waals surface area contributed by atoms with E-state index < -0.39 is 0 Å². The van der Waals surface area contributed by atoms with E-state index in [2.05, 4.69) is 61.7 Å². The molecule has 0 aliphatic heterocycles. The molecule has 19 heavy (non-hydrogen) atoms. The van der Waals surface area contributed by atoms with E-state index in [-0.39, 0.29) is 0 Å². The molecule has 0 radical (unpaired) electrons. The molecule has 0 bridgehead atoms. The molecular weight excluding hydrogens is 370 g/mol. The Balaban J connectivity index is 2.39. The third-order valence-electron chi connectivity index (χ3n) is 2.80. The van der Waals surface area contributed by atoms with Crippen molar-refractivity contribution in [2.24, 2.45) is 0 Å². The van der Waals surface area contributed by atoms with Crippen molar-refractivity contribution in [1.82, 2.24) is 9.97 Å². The Kier molecular flexibility index (Phi) is 4.58. The Morgan fingerprint density at radius 1 is 1.16 bits per heavy atom. The summed E-state index contributed by atoms with van der Waals surface area (Å²) in [5.74, 6) is 1.55. The third-order valence-corrected chi connectivity index (χ3v) is 4.39. The monoisotopic (exact) mass is 383 g/mol. The van der Waals surface area contributed by atoms with Gasteiger partial charge < -0.3 is 5.73 Å². The van der Waals surface area contributed by atoms with Gasteiger partial charge >= 0.3 is 0 Å². The smallest absolute Gasteiger partial charge is 0.141 e. The number of rotatable bonds is 3. The number of hydrogen-bond donors (Lipinski definition) is 1. The number of nitrogens with zero attached hydrogens (tertiary/aromatic N) is 2. The summed E-state index contributed by atoms with van der Waals surface area (Å²) < 4.78 is 1.87. The molecule has 0 saturated heterocycles. The van der Waals surface area contributed by atoms with Crippen molar-refractivity contribution in [3.8, 4) is 0 Å². The van der Waals surface area contributed by atoms with Gasteiger partial charge in [-0.2, -0.15) is 0 Å². The van der Waals surface area contributed by atoms with Gasteiger partial charge in [-0.15, -0.1) is 0 Å². The zero-order chi connectivity index (χ0) is 14.0. The van der Waals surface area contributed by atoms with Gasteiger partial charge in [0.2, 0.25) is 0 Å². The summed E-state index contributed by atoms with van der Waals surface area (Å²) >= 11 is 6.99. The first-order valence-electron chi connectivity index (χ1n) is 6.04. The molecule has 0 amide bonds. The average molecular weight is 385 g/mol. The van der Waals surface area contributed by atoms with Gasteiger partial charge in [-0.25, -0.2) is 9.97 Å². The lowest BCUT2D eigenvalue weighted by atomic mass is 10.1. The van der Waals surface area contributed by atoms with E-state index in [0.29, 0.717) is 18.2 Å². The first kappa shape index (κ1) is 14.5. The summed E-state index contributed by atoms with van der Waals surface area (Å²) in [5, 5.41) is 0. The van der Waals surface area contributed by atoms with Gasteiger partial charge in [0.05, 0.1) is 10.2 Å². The minimum absolute atomic E-state index is 0.303. The number of hydrogen-bond acceptors (Lipinski definition) is 3. The van der Waals surface area contributed by atoms with Crippen LogP contribution in [0.2, 0.25) is 0 Å². The minimum atomic E-state index is 0.303. The number of benzene rings is 1. The maximum atomic E-state index is 5.94. The minimum Gasteiger partial charge on any atom is -0.383 e.